The van der Waals surface area contributed by atoms with Crippen LogP contribution in [0, 0.1) is 5.92 Å². The lowest BCUT2D eigenvalue weighted by atomic mass is 9.84. The van der Waals surface area contributed by atoms with E-state index >= 15 is 0 Å². The van der Waals surface area contributed by atoms with Crippen LogP contribution in [0.15, 0.2) is 0 Å². The van der Waals surface area contributed by atoms with E-state index in [0.29, 0.717) is 12.1 Å². The number of carbonyl (C=O) groups excluding carboxylic acids is 1. The molecule has 3 unspecified atom stereocenters. The molecule has 1 amide bonds. The Morgan fingerprint density at radius 3 is 2.61 bits per heavy atom. The van der Waals surface area contributed by atoms with Crippen molar-refractivity contribution in [1.82, 2.24) is 15.5 Å². The minimum atomic E-state index is 0.0456. The molecule has 0 aliphatic carbocycles. The Balaban J connectivity index is 1.54. The van der Waals surface area contributed by atoms with Gasteiger partial charge in [-0.3, -0.25) is 4.79 Å². The van der Waals surface area contributed by atoms with Gasteiger partial charge in [-0.05, 0) is 58.0 Å². The summed E-state index contributed by atoms with van der Waals surface area (Å²) in [6.45, 7) is 5.71. The van der Waals surface area contributed by atoms with Gasteiger partial charge in [-0.2, -0.15) is 0 Å². The number of carbonyl (C=O) groups is 1. The molecule has 0 saturated carbocycles. The number of rotatable bonds is 2. The molecule has 0 radical (unpaired) electrons. The Labute approximate surface area is 109 Å². The molecule has 4 aliphatic heterocycles. The van der Waals surface area contributed by atoms with Gasteiger partial charge in [0, 0.05) is 18.6 Å². The molecule has 0 aromatic carbocycles. The van der Waals surface area contributed by atoms with Gasteiger partial charge >= 0.3 is 0 Å². The van der Waals surface area contributed by atoms with Gasteiger partial charge in [0.15, 0.2) is 0 Å². The number of hydrogen-bond acceptors (Lipinski definition) is 3. The highest BCUT2D eigenvalue weighted by Crippen LogP contribution is 2.27. The van der Waals surface area contributed by atoms with E-state index in [1.165, 1.54) is 38.8 Å². The van der Waals surface area contributed by atoms with E-state index in [-0.39, 0.29) is 11.9 Å². The predicted octanol–water partition coefficient (Wildman–Crippen LogP) is 0.727. The summed E-state index contributed by atoms with van der Waals surface area (Å²) >= 11 is 0. The third-order valence-electron chi connectivity index (χ3n) is 4.92. The monoisotopic (exact) mass is 251 g/mol. The molecule has 4 nitrogen and oxygen atoms in total. The fourth-order valence-electron chi connectivity index (χ4n) is 3.76. The first-order valence-corrected chi connectivity index (χ1v) is 7.51. The normalized spacial score (nSPS) is 43.7. The molecule has 2 N–H and O–H groups in total. The number of hydrogen-bond donors (Lipinski definition) is 2. The van der Waals surface area contributed by atoms with Crippen LogP contribution in [0.1, 0.15) is 39.0 Å². The summed E-state index contributed by atoms with van der Waals surface area (Å²) in [4.78, 5) is 14.8. The summed E-state index contributed by atoms with van der Waals surface area (Å²) in [6.07, 6.45) is 5.90. The average Bonchev–Trinajstić information content (AvgIpc) is 2.40. The molecule has 4 fully saturated rings. The number of fused-ring (bicyclic) bond motifs is 3. The molecule has 0 aromatic heterocycles. The molecule has 4 rings (SSSR count). The Kier molecular flexibility index (Phi) is 3.57. The van der Waals surface area contributed by atoms with Crippen molar-refractivity contribution < 1.29 is 4.79 Å². The van der Waals surface area contributed by atoms with Crippen molar-refractivity contribution in [2.24, 2.45) is 5.92 Å². The Bertz CT molecular complexity index is 312. The molecule has 0 aromatic rings. The van der Waals surface area contributed by atoms with Gasteiger partial charge in [0.1, 0.15) is 0 Å². The molecule has 102 valence electrons. The van der Waals surface area contributed by atoms with Gasteiger partial charge in [-0.15, -0.1) is 0 Å². The van der Waals surface area contributed by atoms with Crippen LogP contribution in [-0.4, -0.2) is 48.6 Å². The predicted molar refractivity (Wildman–Crippen MR) is 71.3 cm³/mol. The fraction of sp³-hybridized carbons (Fsp3) is 0.929. The SMILES string of the molecule is CC1CCCC(C(=O)NC2CN3CCC2CC3)N1. The van der Waals surface area contributed by atoms with Gasteiger partial charge < -0.3 is 15.5 Å². The van der Waals surface area contributed by atoms with Crippen molar-refractivity contribution in [3.8, 4) is 0 Å². The molecular formula is C14H25N3O. The van der Waals surface area contributed by atoms with Gasteiger partial charge in [0.05, 0.1) is 6.04 Å². The Morgan fingerprint density at radius 2 is 2.00 bits per heavy atom. The number of nitrogens with one attached hydrogen (secondary N) is 2. The van der Waals surface area contributed by atoms with Gasteiger partial charge in [0.25, 0.3) is 0 Å². The highest BCUT2D eigenvalue weighted by atomic mass is 16.2. The van der Waals surface area contributed by atoms with E-state index in [4.69, 9.17) is 0 Å². The van der Waals surface area contributed by atoms with Crippen molar-refractivity contribution >= 4 is 5.91 Å². The molecule has 3 atom stereocenters. The molecular weight excluding hydrogens is 226 g/mol. The van der Waals surface area contributed by atoms with Crippen molar-refractivity contribution in [2.45, 2.75) is 57.2 Å². The molecule has 0 spiro atoms. The standard InChI is InChI=1S/C14H25N3O/c1-10-3-2-4-12(15-10)14(18)16-13-9-17-7-5-11(13)6-8-17/h10-13,15H,2-9H2,1H3,(H,16,18). The number of piperidine rings is 4. The van der Waals surface area contributed by atoms with Gasteiger partial charge in [-0.1, -0.05) is 0 Å². The zero-order valence-corrected chi connectivity index (χ0v) is 11.3. The van der Waals surface area contributed by atoms with Crippen LogP contribution in [0.5, 0.6) is 0 Å². The maximum Gasteiger partial charge on any atom is 0.237 e. The van der Waals surface area contributed by atoms with Crippen LogP contribution in [-0.2, 0) is 4.79 Å². The molecule has 4 saturated heterocycles. The highest BCUT2D eigenvalue weighted by molar-refractivity contribution is 5.82. The van der Waals surface area contributed by atoms with Crippen molar-refractivity contribution in [2.75, 3.05) is 19.6 Å². The first-order valence-electron chi connectivity index (χ1n) is 7.51. The van der Waals surface area contributed by atoms with E-state index in [2.05, 4.69) is 22.5 Å². The second kappa shape index (κ2) is 5.17. The highest BCUT2D eigenvalue weighted by Gasteiger charge is 2.36. The lowest BCUT2D eigenvalue weighted by Gasteiger charge is -2.45. The molecule has 4 heteroatoms. The number of amides is 1. The second-order valence-corrected chi connectivity index (χ2v) is 6.30. The van der Waals surface area contributed by atoms with Crippen molar-refractivity contribution in [1.29, 1.82) is 0 Å². The summed E-state index contributed by atoms with van der Waals surface area (Å²) in [5, 5.41) is 6.72. The van der Waals surface area contributed by atoms with Crippen LogP contribution >= 0.6 is 0 Å². The summed E-state index contributed by atoms with van der Waals surface area (Å²) in [6, 6.07) is 0.935. The van der Waals surface area contributed by atoms with Crippen LogP contribution in [0.2, 0.25) is 0 Å². The smallest absolute Gasteiger partial charge is 0.237 e. The maximum atomic E-state index is 12.3. The summed E-state index contributed by atoms with van der Waals surface area (Å²) in [5.74, 6) is 0.959. The van der Waals surface area contributed by atoms with Gasteiger partial charge in [0.2, 0.25) is 5.91 Å². The third-order valence-corrected chi connectivity index (χ3v) is 4.92. The third kappa shape index (κ3) is 2.54. The zero-order chi connectivity index (χ0) is 12.5. The molecule has 4 heterocycles. The first kappa shape index (κ1) is 12.4. The zero-order valence-electron chi connectivity index (χ0n) is 11.3. The summed E-state index contributed by atoms with van der Waals surface area (Å²) < 4.78 is 0. The molecule has 18 heavy (non-hydrogen) atoms. The van der Waals surface area contributed by atoms with Crippen LogP contribution in [0.25, 0.3) is 0 Å². The van der Waals surface area contributed by atoms with Crippen molar-refractivity contribution in [3.63, 3.8) is 0 Å². The summed E-state index contributed by atoms with van der Waals surface area (Å²) in [5.41, 5.74) is 0. The van der Waals surface area contributed by atoms with Crippen molar-refractivity contribution in [3.05, 3.63) is 0 Å². The van der Waals surface area contributed by atoms with Crippen LogP contribution < -0.4 is 10.6 Å². The van der Waals surface area contributed by atoms with E-state index in [1.807, 2.05) is 0 Å². The summed E-state index contributed by atoms with van der Waals surface area (Å²) in [7, 11) is 0. The molecule has 4 aliphatic rings. The Morgan fingerprint density at radius 1 is 1.22 bits per heavy atom. The van der Waals surface area contributed by atoms with Crippen LogP contribution in [0.3, 0.4) is 0 Å². The topological polar surface area (TPSA) is 44.4 Å². The van der Waals surface area contributed by atoms with E-state index in [1.54, 1.807) is 0 Å². The molecule has 2 bridgehead atoms. The second-order valence-electron chi connectivity index (χ2n) is 6.30. The van der Waals surface area contributed by atoms with E-state index < -0.39 is 0 Å². The minimum Gasteiger partial charge on any atom is -0.350 e. The fourth-order valence-corrected chi connectivity index (χ4v) is 3.76. The largest absolute Gasteiger partial charge is 0.350 e. The van der Waals surface area contributed by atoms with E-state index in [9.17, 15) is 4.79 Å². The maximum absolute atomic E-state index is 12.3. The van der Waals surface area contributed by atoms with Gasteiger partial charge in [-0.25, -0.2) is 0 Å². The van der Waals surface area contributed by atoms with E-state index in [0.717, 1.165) is 18.9 Å². The first-order chi connectivity index (χ1) is 8.72. The lowest BCUT2D eigenvalue weighted by molar-refractivity contribution is -0.126. The lowest BCUT2D eigenvalue weighted by Crippen LogP contribution is -2.60. The minimum absolute atomic E-state index is 0.0456. The average molecular weight is 251 g/mol. The number of nitrogens with zero attached hydrogens (tertiary/aromatic N) is 1. The Hall–Kier alpha value is -0.610. The van der Waals surface area contributed by atoms with Crippen LogP contribution in [0.4, 0.5) is 0 Å². The quantitative estimate of drug-likeness (QED) is 0.760.